The van der Waals surface area contributed by atoms with Gasteiger partial charge in [-0.3, -0.25) is 4.79 Å². The van der Waals surface area contributed by atoms with E-state index in [4.69, 9.17) is 0 Å². The number of alkyl halides is 3. The Morgan fingerprint density at radius 1 is 1.31 bits per heavy atom. The third-order valence-corrected chi connectivity index (χ3v) is 2.30. The molecule has 0 saturated heterocycles. The van der Waals surface area contributed by atoms with E-state index in [2.05, 4.69) is 0 Å². The summed E-state index contributed by atoms with van der Waals surface area (Å²) in [4.78, 5) is 11.5. The van der Waals surface area contributed by atoms with Crippen molar-refractivity contribution in [2.75, 3.05) is 6.54 Å². The van der Waals surface area contributed by atoms with Gasteiger partial charge in [-0.05, 0) is 31.0 Å². The molecule has 5 heteroatoms. The van der Waals surface area contributed by atoms with Crippen LogP contribution in [0, 0.1) is 13.8 Å². The van der Waals surface area contributed by atoms with E-state index in [9.17, 15) is 18.0 Å². The first-order valence-corrected chi connectivity index (χ1v) is 4.72. The van der Waals surface area contributed by atoms with Crippen LogP contribution in [-0.2, 0) is 0 Å². The third-order valence-electron chi connectivity index (χ3n) is 2.30. The molecule has 0 aromatic heterocycles. The Morgan fingerprint density at radius 3 is 2.50 bits per heavy atom. The topological polar surface area (TPSA) is 29.1 Å². The van der Waals surface area contributed by atoms with Crippen molar-refractivity contribution in [3.8, 4) is 0 Å². The Kier molecular flexibility index (Phi) is 3.57. The molecule has 16 heavy (non-hydrogen) atoms. The molecule has 0 unspecified atom stereocenters. The van der Waals surface area contributed by atoms with E-state index >= 15 is 0 Å². The maximum atomic E-state index is 11.9. The van der Waals surface area contributed by atoms with Crippen molar-refractivity contribution < 1.29 is 18.0 Å². The molecule has 88 valence electrons. The normalized spacial score (nSPS) is 11.3. The van der Waals surface area contributed by atoms with Crippen molar-refractivity contribution in [1.82, 2.24) is 5.32 Å². The van der Waals surface area contributed by atoms with E-state index < -0.39 is 18.6 Å². The number of benzene rings is 1. The quantitative estimate of drug-likeness (QED) is 0.832. The van der Waals surface area contributed by atoms with E-state index in [0.29, 0.717) is 5.56 Å². The molecule has 0 fully saturated rings. The van der Waals surface area contributed by atoms with Crippen LogP contribution in [0.2, 0.25) is 0 Å². The predicted octanol–water partition coefficient (Wildman–Crippen LogP) is 2.60. The molecule has 1 amide bonds. The zero-order valence-electron chi connectivity index (χ0n) is 8.98. The van der Waals surface area contributed by atoms with E-state index in [1.807, 2.05) is 5.32 Å². The molecular formula is C11H12F3NO. The number of aryl methyl sites for hydroxylation is 1. The van der Waals surface area contributed by atoms with Crippen LogP contribution in [0.15, 0.2) is 18.2 Å². The van der Waals surface area contributed by atoms with Gasteiger partial charge in [0.2, 0.25) is 0 Å². The van der Waals surface area contributed by atoms with Crippen LogP contribution < -0.4 is 5.32 Å². The van der Waals surface area contributed by atoms with Gasteiger partial charge in [-0.1, -0.05) is 12.1 Å². The van der Waals surface area contributed by atoms with E-state index in [1.165, 1.54) is 6.07 Å². The van der Waals surface area contributed by atoms with Crippen LogP contribution in [0.1, 0.15) is 21.5 Å². The van der Waals surface area contributed by atoms with Gasteiger partial charge in [-0.25, -0.2) is 0 Å². The van der Waals surface area contributed by atoms with Gasteiger partial charge in [-0.15, -0.1) is 0 Å². The zero-order valence-corrected chi connectivity index (χ0v) is 8.98. The maximum absolute atomic E-state index is 11.9. The van der Waals surface area contributed by atoms with E-state index in [-0.39, 0.29) is 5.56 Å². The minimum absolute atomic E-state index is 0.282. The molecule has 0 aliphatic carbocycles. The highest BCUT2D eigenvalue weighted by Gasteiger charge is 2.28. The minimum Gasteiger partial charge on any atom is -0.343 e. The number of amides is 1. The first-order chi connectivity index (χ1) is 7.31. The van der Waals surface area contributed by atoms with Gasteiger partial charge >= 0.3 is 6.18 Å². The van der Waals surface area contributed by atoms with Crippen molar-refractivity contribution in [1.29, 1.82) is 0 Å². The van der Waals surface area contributed by atoms with E-state index in [0.717, 1.165) is 5.56 Å². The number of halogens is 3. The highest BCUT2D eigenvalue weighted by molar-refractivity contribution is 5.95. The number of rotatable bonds is 2. The minimum atomic E-state index is -4.38. The highest BCUT2D eigenvalue weighted by Crippen LogP contribution is 2.15. The monoisotopic (exact) mass is 231 g/mol. The van der Waals surface area contributed by atoms with Crippen molar-refractivity contribution in [3.05, 3.63) is 34.9 Å². The van der Waals surface area contributed by atoms with Crippen LogP contribution in [-0.4, -0.2) is 18.6 Å². The molecule has 0 atom stereocenters. The van der Waals surface area contributed by atoms with Crippen LogP contribution in [0.4, 0.5) is 13.2 Å². The summed E-state index contributed by atoms with van der Waals surface area (Å²) in [6.07, 6.45) is -4.38. The summed E-state index contributed by atoms with van der Waals surface area (Å²) < 4.78 is 35.7. The first-order valence-electron chi connectivity index (χ1n) is 4.72. The van der Waals surface area contributed by atoms with Crippen molar-refractivity contribution >= 4 is 5.91 Å². The standard InChI is InChI=1S/C11H12F3NO/c1-7-4-3-5-9(8(7)2)10(16)15-6-11(12,13)14/h3-5H,6H2,1-2H3,(H,15,16). The first kappa shape index (κ1) is 12.5. The summed E-state index contributed by atoms with van der Waals surface area (Å²) in [6.45, 7) is 2.20. The molecule has 0 aliphatic heterocycles. The summed E-state index contributed by atoms with van der Waals surface area (Å²) >= 11 is 0. The predicted molar refractivity (Wildman–Crippen MR) is 54.3 cm³/mol. The molecular weight excluding hydrogens is 219 g/mol. The lowest BCUT2D eigenvalue weighted by molar-refractivity contribution is -0.123. The number of hydrogen-bond donors (Lipinski definition) is 1. The lowest BCUT2D eigenvalue weighted by atomic mass is 10.0. The molecule has 1 rings (SSSR count). The number of nitrogens with one attached hydrogen (secondary N) is 1. The second-order valence-electron chi connectivity index (χ2n) is 3.55. The number of hydrogen-bond acceptors (Lipinski definition) is 1. The molecule has 1 aromatic carbocycles. The fraction of sp³-hybridized carbons (Fsp3) is 0.364. The molecule has 0 radical (unpaired) electrons. The molecule has 1 aromatic rings. The van der Waals surface area contributed by atoms with Crippen LogP contribution in [0.5, 0.6) is 0 Å². The average molecular weight is 231 g/mol. The Morgan fingerprint density at radius 2 is 1.94 bits per heavy atom. The van der Waals surface area contributed by atoms with Crippen LogP contribution in [0.25, 0.3) is 0 Å². The second kappa shape index (κ2) is 4.55. The maximum Gasteiger partial charge on any atom is 0.405 e. The largest absolute Gasteiger partial charge is 0.405 e. The lowest BCUT2D eigenvalue weighted by Gasteiger charge is -2.11. The Hall–Kier alpha value is -1.52. The second-order valence-corrected chi connectivity index (χ2v) is 3.55. The summed E-state index contributed by atoms with van der Waals surface area (Å²) in [5, 5.41) is 1.84. The molecule has 0 bridgehead atoms. The van der Waals surface area contributed by atoms with Gasteiger partial charge in [0.1, 0.15) is 6.54 Å². The van der Waals surface area contributed by atoms with Crippen LogP contribution >= 0.6 is 0 Å². The molecule has 2 nitrogen and oxygen atoms in total. The summed E-state index contributed by atoms with van der Waals surface area (Å²) in [6, 6.07) is 4.95. The Bertz CT molecular complexity index is 399. The summed E-state index contributed by atoms with van der Waals surface area (Å²) in [5.41, 5.74) is 1.85. The van der Waals surface area contributed by atoms with Gasteiger partial charge in [0.25, 0.3) is 5.91 Å². The smallest absolute Gasteiger partial charge is 0.343 e. The van der Waals surface area contributed by atoms with Gasteiger partial charge in [0.15, 0.2) is 0 Å². The highest BCUT2D eigenvalue weighted by atomic mass is 19.4. The molecule has 0 saturated carbocycles. The average Bonchev–Trinajstić information content (AvgIpc) is 2.17. The van der Waals surface area contributed by atoms with Gasteiger partial charge < -0.3 is 5.32 Å². The molecule has 0 spiro atoms. The Labute approximate surface area is 91.5 Å². The summed E-state index contributed by atoms with van der Waals surface area (Å²) in [5.74, 6) is -0.696. The molecule has 0 heterocycles. The zero-order chi connectivity index (χ0) is 12.3. The third kappa shape index (κ3) is 3.25. The fourth-order valence-electron chi connectivity index (χ4n) is 1.27. The van der Waals surface area contributed by atoms with Crippen molar-refractivity contribution in [2.45, 2.75) is 20.0 Å². The van der Waals surface area contributed by atoms with Crippen LogP contribution in [0.3, 0.4) is 0 Å². The van der Waals surface area contributed by atoms with Crippen molar-refractivity contribution in [2.24, 2.45) is 0 Å². The lowest BCUT2D eigenvalue weighted by Crippen LogP contribution is -2.34. The van der Waals surface area contributed by atoms with Crippen molar-refractivity contribution in [3.63, 3.8) is 0 Å². The fourth-order valence-corrected chi connectivity index (χ4v) is 1.27. The van der Waals surface area contributed by atoms with E-state index in [1.54, 1.807) is 26.0 Å². The molecule has 0 aliphatic rings. The number of carbonyl (C=O) groups is 1. The Balaban J connectivity index is 2.78. The summed E-state index contributed by atoms with van der Waals surface area (Å²) in [7, 11) is 0. The van der Waals surface area contributed by atoms with Gasteiger partial charge in [0, 0.05) is 5.56 Å². The number of carbonyl (C=O) groups excluding carboxylic acids is 1. The molecule has 1 N–H and O–H groups in total. The SMILES string of the molecule is Cc1cccc(C(=O)NCC(F)(F)F)c1C. The van der Waals surface area contributed by atoms with Gasteiger partial charge in [0.05, 0.1) is 0 Å². The van der Waals surface area contributed by atoms with Gasteiger partial charge in [-0.2, -0.15) is 13.2 Å².